The zero-order valence-electron chi connectivity index (χ0n) is 15.1. The number of rotatable bonds is 3. The highest BCUT2D eigenvalue weighted by Crippen LogP contribution is 2.41. The van der Waals surface area contributed by atoms with Gasteiger partial charge in [-0.2, -0.15) is 0 Å². The second-order valence-electron chi connectivity index (χ2n) is 6.64. The summed E-state index contributed by atoms with van der Waals surface area (Å²) in [5.74, 6) is 1.11. The lowest BCUT2D eigenvalue weighted by molar-refractivity contribution is 0.102. The van der Waals surface area contributed by atoms with E-state index in [0.29, 0.717) is 41.1 Å². The van der Waals surface area contributed by atoms with Gasteiger partial charge in [-0.3, -0.25) is 4.79 Å². The summed E-state index contributed by atoms with van der Waals surface area (Å²) < 4.78 is 11.6. The molecular weight excluding hydrogens is 366 g/mol. The Balaban J connectivity index is 1.65. The van der Waals surface area contributed by atoms with Crippen molar-refractivity contribution in [2.45, 2.75) is 6.42 Å². The second-order valence-corrected chi connectivity index (χ2v) is 7.07. The molecule has 0 bridgehead atoms. The highest BCUT2D eigenvalue weighted by molar-refractivity contribution is 6.31. The summed E-state index contributed by atoms with van der Waals surface area (Å²) in [6.07, 6.45) is 0.820. The van der Waals surface area contributed by atoms with Crippen LogP contribution in [0, 0.1) is 0 Å². The summed E-state index contributed by atoms with van der Waals surface area (Å²) in [5, 5.41) is 4.45. The number of benzene rings is 2. The lowest BCUT2D eigenvalue weighted by Crippen LogP contribution is -2.15. The van der Waals surface area contributed by atoms with Crippen LogP contribution in [-0.2, 0) is 0 Å². The first-order valence-corrected chi connectivity index (χ1v) is 9.09. The summed E-state index contributed by atoms with van der Waals surface area (Å²) in [4.78, 5) is 17.8. The van der Waals surface area contributed by atoms with Gasteiger partial charge in [-0.25, -0.2) is 0 Å². The van der Waals surface area contributed by atoms with Crippen LogP contribution in [-0.4, -0.2) is 38.2 Å². The molecule has 0 radical (unpaired) electrons. The highest BCUT2D eigenvalue weighted by Gasteiger charge is 2.19. The van der Waals surface area contributed by atoms with E-state index in [9.17, 15) is 4.79 Å². The van der Waals surface area contributed by atoms with Crippen molar-refractivity contribution in [3.8, 4) is 11.5 Å². The molecule has 0 aliphatic carbocycles. The molecule has 0 spiro atoms. The Morgan fingerprint density at radius 2 is 1.96 bits per heavy atom. The summed E-state index contributed by atoms with van der Waals surface area (Å²) in [6, 6.07) is 10.9. The van der Waals surface area contributed by atoms with E-state index in [-0.39, 0.29) is 5.91 Å². The van der Waals surface area contributed by atoms with E-state index >= 15 is 0 Å². The van der Waals surface area contributed by atoms with E-state index in [1.165, 1.54) is 0 Å². The second kappa shape index (κ2) is 7.04. The predicted molar refractivity (Wildman–Crippen MR) is 108 cm³/mol. The number of amides is 1. The minimum atomic E-state index is -0.235. The Morgan fingerprint density at radius 3 is 2.78 bits per heavy atom. The Hall–Kier alpha value is -2.86. The molecular formula is C20H20ClN3O3. The van der Waals surface area contributed by atoms with Gasteiger partial charge in [-0.05, 0) is 30.3 Å². The lowest BCUT2D eigenvalue weighted by Gasteiger charge is -2.20. The van der Waals surface area contributed by atoms with Gasteiger partial charge in [0.1, 0.15) is 5.69 Å². The molecule has 1 aliphatic rings. The van der Waals surface area contributed by atoms with Gasteiger partial charge in [-0.15, -0.1) is 0 Å². The maximum atomic E-state index is 12.7. The molecule has 1 aliphatic heterocycles. The van der Waals surface area contributed by atoms with Crippen molar-refractivity contribution in [2.24, 2.45) is 0 Å². The normalized spacial score (nSPS) is 13.3. The maximum absolute atomic E-state index is 12.7. The molecule has 2 N–H and O–H groups in total. The van der Waals surface area contributed by atoms with Gasteiger partial charge >= 0.3 is 0 Å². The fourth-order valence-electron chi connectivity index (χ4n) is 3.08. The van der Waals surface area contributed by atoms with Crippen LogP contribution in [0.1, 0.15) is 16.9 Å². The minimum absolute atomic E-state index is 0.235. The van der Waals surface area contributed by atoms with E-state index in [1.54, 1.807) is 18.2 Å². The van der Waals surface area contributed by atoms with Crippen LogP contribution < -0.4 is 19.7 Å². The monoisotopic (exact) mass is 385 g/mol. The first kappa shape index (κ1) is 17.5. The van der Waals surface area contributed by atoms with Crippen molar-refractivity contribution < 1.29 is 14.3 Å². The van der Waals surface area contributed by atoms with Gasteiger partial charge in [0.15, 0.2) is 11.5 Å². The molecule has 1 amide bonds. The largest absolute Gasteiger partial charge is 0.489 e. The molecule has 2 aromatic carbocycles. The summed E-state index contributed by atoms with van der Waals surface area (Å²) in [5.41, 5.74) is 2.82. The Morgan fingerprint density at radius 1 is 1.15 bits per heavy atom. The van der Waals surface area contributed by atoms with E-state index in [2.05, 4.69) is 10.3 Å². The number of ether oxygens (including phenoxy) is 2. The fourth-order valence-corrected chi connectivity index (χ4v) is 3.26. The number of carbonyl (C=O) groups excluding carboxylic acids is 1. The van der Waals surface area contributed by atoms with Crippen LogP contribution in [0.15, 0.2) is 36.4 Å². The van der Waals surface area contributed by atoms with Crippen molar-refractivity contribution in [1.29, 1.82) is 0 Å². The van der Waals surface area contributed by atoms with Crippen LogP contribution in [0.5, 0.6) is 11.5 Å². The van der Waals surface area contributed by atoms with E-state index in [1.807, 2.05) is 37.2 Å². The first-order valence-electron chi connectivity index (χ1n) is 8.72. The number of carbonyl (C=O) groups is 1. The van der Waals surface area contributed by atoms with E-state index in [4.69, 9.17) is 21.1 Å². The fraction of sp³-hybridized carbons (Fsp3) is 0.250. The van der Waals surface area contributed by atoms with Gasteiger partial charge in [0.25, 0.3) is 5.91 Å². The molecule has 7 heteroatoms. The van der Waals surface area contributed by atoms with E-state index < -0.39 is 0 Å². The third-order valence-corrected chi connectivity index (χ3v) is 4.63. The number of nitrogens with one attached hydrogen (secondary N) is 2. The summed E-state index contributed by atoms with van der Waals surface area (Å²) in [6.45, 7) is 1.19. The highest BCUT2D eigenvalue weighted by atomic mass is 35.5. The number of hydrogen-bond donors (Lipinski definition) is 2. The number of hydrogen-bond acceptors (Lipinski definition) is 4. The summed E-state index contributed by atoms with van der Waals surface area (Å²) in [7, 11) is 3.85. The smallest absolute Gasteiger partial charge is 0.272 e. The Kier molecular flexibility index (Phi) is 4.58. The average Bonchev–Trinajstić information content (AvgIpc) is 2.91. The number of halogens is 1. The SMILES string of the molecule is CN(C)c1cc(NC(=O)c2cc3cc(Cl)ccc3[nH]2)cc2c1OCCCO2. The molecule has 27 heavy (non-hydrogen) atoms. The molecule has 0 saturated heterocycles. The Labute approximate surface area is 162 Å². The van der Waals surface area contributed by atoms with Crippen LogP contribution in [0.3, 0.4) is 0 Å². The quantitative estimate of drug-likeness (QED) is 0.705. The number of anilines is 2. The Bertz CT molecular complexity index is 1010. The zero-order valence-corrected chi connectivity index (χ0v) is 15.9. The number of aromatic amines is 1. The van der Waals surface area contributed by atoms with Gasteiger partial charge in [0.05, 0.1) is 18.9 Å². The van der Waals surface area contributed by atoms with Crippen LogP contribution in [0.4, 0.5) is 11.4 Å². The van der Waals surface area contributed by atoms with Crippen LogP contribution in [0.2, 0.25) is 5.02 Å². The van der Waals surface area contributed by atoms with Crippen molar-refractivity contribution in [3.05, 3.63) is 47.1 Å². The van der Waals surface area contributed by atoms with Crippen LogP contribution in [0.25, 0.3) is 10.9 Å². The van der Waals surface area contributed by atoms with Gasteiger partial charge in [0.2, 0.25) is 0 Å². The molecule has 2 heterocycles. The van der Waals surface area contributed by atoms with Crippen molar-refractivity contribution in [3.63, 3.8) is 0 Å². The third-order valence-electron chi connectivity index (χ3n) is 4.39. The standard InChI is InChI=1S/C20H20ClN3O3/c1-24(2)17-10-14(11-18-19(17)27-7-3-6-26-18)22-20(25)16-9-12-8-13(21)4-5-15(12)23-16/h4-5,8-11,23H,3,6-7H2,1-2H3,(H,22,25). The molecule has 140 valence electrons. The molecule has 4 rings (SSSR count). The van der Waals surface area contributed by atoms with Crippen molar-refractivity contribution in [2.75, 3.05) is 37.5 Å². The minimum Gasteiger partial charge on any atom is -0.489 e. The maximum Gasteiger partial charge on any atom is 0.272 e. The zero-order chi connectivity index (χ0) is 19.0. The van der Waals surface area contributed by atoms with Crippen LogP contribution >= 0.6 is 11.6 Å². The van der Waals surface area contributed by atoms with Gasteiger partial charge < -0.3 is 24.7 Å². The molecule has 1 aromatic heterocycles. The molecule has 0 fully saturated rings. The third kappa shape index (κ3) is 3.53. The van der Waals surface area contributed by atoms with Gasteiger partial charge in [0, 0.05) is 48.2 Å². The van der Waals surface area contributed by atoms with Crippen molar-refractivity contribution >= 4 is 39.8 Å². The number of nitrogens with zero attached hydrogens (tertiary/aromatic N) is 1. The molecule has 0 unspecified atom stereocenters. The summed E-state index contributed by atoms with van der Waals surface area (Å²) >= 11 is 6.02. The lowest BCUT2D eigenvalue weighted by atomic mass is 10.2. The molecule has 0 saturated carbocycles. The average molecular weight is 386 g/mol. The number of H-pyrrole nitrogens is 1. The van der Waals surface area contributed by atoms with Gasteiger partial charge in [-0.1, -0.05) is 11.6 Å². The predicted octanol–water partition coefficient (Wildman–Crippen LogP) is 4.30. The van der Waals surface area contributed by atoms with Crippen molar-refractivity contribution in [1.82, 2.24) is 4.98 Å². The topological polar surface area (TPSA) is 66.6 Å². The molecule has 6 nitrogen and oxygen atoms in total. The molecule has 0 atom stereocenters. The first-order chi connectivity index (χ1) is 13.0. The van der Waals surface area contributed by atoms with E-state index in [0.717, 1.165) is 23.0 Å². The number of aromatic nitrogens is 1. The number of fused-ring (bicyclic) bond motifs is 2. The molecule has 3 aromatic rings.